The molecule has 2 aromatic heterocycles. The number of pyridine rings is 2. The lowest BCUT2D eigenvalue weighted by Crippen LogP contribution is -2.14. The number of anilines is 2. The van der Waals surface area contributed by atoms with Gasteiger partial charge >= 0.3 is 11.9 Å². The van der Waals surface area contributed by atoms with Crippen LogP contribution in [0.2, 0.25) is 0 Å². The number of carbonyl (C=O) groups is 2. The molecule has 0 fully saturated rings. The van der Waals surface area contributed by atoms with Gasteiger partial charge in [0.05, 0.1) is 31.2 Å². The number of nitrogens with zero attached hydrogens (tertiary/aromatic N) is 2. The van der Waals surface area contributed by atoms with Gasteiger partial charge in [-0.1, -0.05) is 0 Å². The van der Waals surface area contributed by atoms with Crippen LogP contribution in [0.15, 0.2) is 36.5 Å². The standard InChI is InChI=1S/C24H27N3O6/c1-5-30-20-12-18-22(19(24(29)32-7-3)13-25-23(18)26-15(20)4)27-16-8-10-17(11-9-16)33-14-21(28)31-6-2/h8-13H,5-7,14H2,1-4H3,(H,25,26,27). The van der Waals surface area contributed by atoms with Crippen LogP contribution in [-0.2, 0) is 14.3 Å². The molecule has 0 saturated heterocycles. The van der Waals surface area contributed by atoms with Crippen molar-refractivity contribution in [3.05, 3.63) is 47.8 Å². The second kappa shape index (κ2) is 11.1. The Hall–Kier alpha value is -3.88. The molecule has 33 heavy (non-hydrogen) atoms. The van der Waals surface area contributed by atoms with Crippen LogP contribution in [-0.4, -0.2) is 48.3 Å². The maximum absolute atomic E-state index is 12.6. The predicted octanol–water partition coefficient (Wildman–Crippen LogP) is 4.20. The molecule has 1 N–H and O–H groups in total. The summed E-state index contributed by atoms with van der Waals surface area (Å²) < 4.78 is 21.2. The lowest BCUT2D eigenvalue weighted by molar-refractivity contribution is -0.145. The van der Waals surface area contributed by atoms with Gasteiger partial charge in [0.1, 0.15) is 17.1 Å². The van der Waals surface area contributed by atoms with Crippen molar-refractivity contribution in [1.29, 1.82) is 0 Å². The lowest BCUT2D eigenvalue weighted by atomic mass is 10.1. The first-order chi connectivity index (χ1) is 16.0. The van der Waals surface area contributed by atoms with Crippen LogP contribution in [0.3, 0.4) is 0 Å². The number of rotatable bonds is 10. The van der Waals surface area contributed by atoms with E-state index in [4.69, 9.17) is 18.9 Å². The fourth-order valence-electron chi connectivity index (χ4n) is 3.12. The van der Waals surface area contributed by atoms with Crippen LogP contribution in [0.5, 0.6) is 11.5 Å². The second-order valence-electron chi connectivity index (χ2n) is 6.89. The molecule has 0 amide bonds. The summed E-state index contributed by atoms with van der Waals surface area (Å²) in [6.45, 7) is 8.05. The summed E-state index contributed by atoms with van der Waals surface area (Å²) in [6.07, 6.45) is 1.45. The van der Waals surface area contributed by atoms with Crippen molar-refractivity contribution in [3.8, 4) is 11.5 Å². The van der Waals surface area contributed by atoms with Crippen LogP contribution >= 0.6 is 0 Å². The van der Waals surface area contributed by atoms with Gasteiger partial charge in [-0.15, -0.1) is 0 Å². The van der Waals surface area contributed by atoms with E-state index in [-0.39, 0.29) is 18.8 Å². The average molecular weight is 453 g/mol. The van der Waals surface area contributed by atoms with Crippen LogP contribution < -0.4 is 14.8 Å². The molecule has 1 aromatic carbocycles. The number of hydrogen-bond donors (Lipinski definition) is 1. The lowest BCUT2D eigenvalue weighted by Gasteiger charge is -2.16. The highest BCUT2D eigenvalue weighted by Crippen LogP contribution is 2.33. The van der Waals surface area contributed by atoms with Crippen molar-refractivity contribution in [3.63, 3.8) is 0 Å². The number of fused-ring (bicyclic) bond motifs is 1. The number of benzene rings is 1. The van der Waals surface area contributed by atoms with E-state index >= 15 is 0 Å². The van der Waals surface area contributed by atoms with Gasteiger partial charge in [0, 0.05) is 17.3 Å². The maximum atomic E-state index is 12.6. The summed E-state index contributed by atoms with van der Waals surface area (Å²) in [7, 11) is 0. The van der Waals surface area contributed by atoms with Crippen LogP contribution in [0.4, 0.5) is 11.4 Å². The van der Waals surface area contributed by atoms with Gasteiger partial charge in [0.25, 0.3) is 0 Å². The summed E-state index contributed by atoms with van der Waals surface area (Å²) in [4.78, 5) is 33.0. The van der Waals surface area contributed by atoms with Gasteiger partial charge in [-0.2, -0.15) is 0 Å². The third-order valence-electron chi connectivity index (χ3n) is 4.58. The third kappa shape index (κ3) is 5.88. The Morgan fingerprint density at radius 1 is 0.970 bits per heavy atom. The van der Waals surface area contributed by atoms with Crippen molar-refractivity contribution in [2.75, 3.05) is 31.7 Å². The van der Waals surface area contributed by atoms with E-state index in [0.29, 0.717) is 52.8 Å². The van der Waals surface area contributed by atoms with Crippen molar-refractivity contribution in [1.82, 2.24) is 9.97 Å². The molecule has 0 saturated carbocycles. The normalized spacial score (nSPS) is 10.5. The monoisotopic (exact) mass is 453 g/mol. The molecule has 3 aromatic rings. The van der Waals surface area contributed by atoms with Gasteiger partial charge in [0.2, 0.25) is 0 Å². The third-order valence-corrected chi connectivity index (χ3v) is 4.58. The molecule has 2 heterocycles. The van der Waals surface area contributed by atoms with E-state index in [9.17, 15) is 9.59 Å². The van der Waals surface area contributed by atoms with Crippen molar-refractivity contribution >= 4 is 34.3 Å². The molecule has 0 aliphatic heterocycles. The maximum Gasteiger partial charge on any atom is 0.344 e. The molecule has 0 spiro atoms. The molecule has 0 aliphatic rings. The smallest absolute Gasteiger partial charge is 0.344 e. The summed E-state index contributed by atoms with van der Waals surface area (Å²) >= 11 is 0. The van der Waals surface area contributed by atoms with Gasteiger partial charge in [-0.05, 0) is 58.0 Å². The molecule has 9 nitrogen and oxygen atoms in total. The Morgan fingerprint density at radius 2 is 1.70 bits per heavy atom. The van der Waals surface area contributed by atoms with Crippen molar-refractivity contribution in [2.24, 2.45) is 0 Å². The summed E-state index contributed by atoms with van der Waals surface area (Å²) in [5.41, 5.74) is 2.65. The Bertz CT molecular complexity index is 1130. The number of carbonyl (C=O) groups excluding carboxylic acids is 2. The number of aromatic nitrogens is 2. The Balaban J connectivity index is 1.95. The molecule has 0 radical (unpaired) electrons. The largest absolute Gasteiger partial charge is 0.492 e. The average Bonchev–Trinajstić information content (AvgIpc) is 2.80. The highest BCUT2D eigenvalue weighted by Gasteiger charge is 2.19. The highest BCUT2D eigenvalue weighted by atomic mass is 16.6. The number of aryl methyl sites for hydroxylation is 1. The molecule has 0 atom stereocenters. The van der Waals surface area contributed by atoms with Gasteiger partial charge in [0.15, 0.2) is 12.3 Å². The minimum atomic E-state index is -0.498. The van der Waals surface area contributed by atoms with Crippen molar-refractivity contribution in [2.45, 2.75) is 27.7 Å². The van der Waals surface area contributed by atoms with Crippen LogP contribution in [0.25, 0.3) is 11.0 Å². The van der Waals surface area contributed by atoms with E-state index in [1.54, 1.807) is 38.1 Å². The van der Waals surface area contributed by atoms with Crippen LogP contribution in [0.1, 0.15) is 36.8 Å². The van der Waals surface area contributed by atoms with Gasteiger partial charge < -0.3 is 24.3 Å². The minimum absolute atomic E-state index is 0.173. The van der Waals surface area contributed by atoms with Crippen molar-refractivity contribution < 1.29 is 28.5 Å². The Morgan fingerprint density at radius 3 is 2.36 bits per heavy atom. The quantitative estimate of drug-likeness (QED) is 0.452. The zero-order valence-electron chi connectivity index (χ0n) is 19.1. The first-order valence-electron chi connectivity index (χ1n) is 10.7. The number of nitrogens with one attached hydrogen (secondary N) is 1. The zero-order valence-corrected chi connectivity index (χ0v) is 19.1. The van der Waals surface area contributed by atoms with E-state index in [2.05, 4.69) is 15.3 Å². The molecule has 0 bridgehead atoms. The number of ether oxygens (including phenoxy) is 4. The first kappa shape index (κ1) is 23.8. The summed E-state index contributed by atoms with van der Waals surface area (Å²) in [6, 6.07) is 8.78. The molecule has 9 heteroatoms. The van der Waals surface area contributed by atoms with E-state index < -0.39 is 11.9 Å². The first-order valence-corrected chi connectivity index (χ1v) is 10.7. The molecule has 3 rings (SSSR count). The Labute approximate surface area is 192 Å². The minimum Gasteiger partial charge on any atom is -0.492 e. The second-order valence-corrected chi connectivity index (χ2v) is 6.89. The molecular formula is C24H27N3O6. The van der Waals surface area contributed by atoms with Gasteiger partial charge in [-0.3, -0.25) is 0 Å². The van der Waals surface area contributed by atoms with E-state index in [1.165, 1.54) is 6.20 Å². The topological polar surface area (TPSA) is 109 Å². The summed E-state index contributed by atoms with van der Waals surface area (Å²) in [5.74, 6) is 0.186. The van der Waals surface area contributed by atoms with E-state index in [1.807, 2.05) is 19.9 Å². The highest BCUT2D eigenvalue weighted by molar-refractivity contribution is 6.05. The van der Waals surface area contributed by atoms with E-state index in [0.717, 1.165) is 0 Å². The van der Waals surface area contributed by atoms with Gasteiger partial charge in [-0.25, -0.2) is 19.6 Å². The summed E-state index contributed by atoms with van der Waals surface area (Å²) in [5, 5.41) is 3.89. The molecule has 0 aliphatic carbocycles. The fourth-order valence-corrected chi connectivity index (χ4v) is 3.12. The van der Waals surface area contributed by atoms with Crippen LogP contribution in [0, 0.1) is 6.92 Å². The SMILES string of the molecule is CCOC(=O)COc1ccc(Nc2c(C(=O)OCC)cnc3nc(C)c(OCC)cc23)cc1. The predicted molar refractivity (Wildman–Crippen MR) is 123 cm³/mol. The molecular weight excluding hydrogens is 426 g/mol. The number of hydrogen-bond acceptors (Lipinski definition) is 9. The molecule has 0 unspecified atom stereocenters. The Kier molecular flexibility index (Phi) is 8.01. The number of esters is 2. The fraction of sp³-hybridized carbons (Fsp3) is 0.333. The molecule has 174 valence electrons. The zero-order chi connectivity index (χ0) is 23.8.